The molecule has 0 bridgehead atoms. The lowest BCUT2D eigenvalue weighted by Gasteiger charge is -2.01. The smallest absolute Gasteiger partial charge is 0.156 e. The predicted molar refractivity (Wildman–Crippen MR) is 65.7 cm³/mol. The SMILES string of the molecule is CN=C(NC)SCc1cc(Br)cs1. The predicted octanol–water partition coefficient (Wildman–Crippen LogP) is 2.95. The maximum Gasteiger partial charge on any atom is 0.156 e. The Balaban J connectivity index is 2.43. The van der Waals surface area contributed by atoms with E-state index in [1.54, 1.807) is 30.1 Å². The van der Waals surface area contributed by atoms with Gasteiger partial charge >= 0.3 is 0 Å². The summed E-state index contributed by atoms with van der Waals surface area (Å²) in [6.45, 7) is 0. The first-order valence-electron chi connectivity index (χ1n) is 3.76. The van der Waals surface area contributed by atoms with Gasteiger partial charge in [-0.2, -0.15) is 0 Å². The molecular weight excluding hydrogens is 268 g/mol. The molecule has 1 aromatic heterocycles. The summed E-state index contributed by atoms with van der Waals surface area (Å²) < 4.78 is 1.16. The van der Waals surface area contributed by atoms with Crippen LogP contribution in [0.5, 0.6) is 0 Å². The second kappa shape index (κ2) is 5.67. The van der Waals surface area contributed by atoms with E-state index < -0.39 is 0 Å². The first-order chi connectivity index (χ1) is 6.26. The van der Waals surface area contributed by atoms with Crippen molar-refractivity contribution < 1.29 is 0 Å². The molecule has 1 N–H and O–H groups in total. The van der Waals surface area contributed by atoms with Crippen LogP contribution >= 0.6 is 39.0 Å². The van der Waals surface area contributed by atoms with Gasteiger partial charge in [0.25, 0.3) is 0 Å². The average molecular weight is 279 g/mol. The largest absolute Gasteiger partial charge is 0.368 e. The number of halogens is 1. The van der Waals surface area contributed by atoms with E-state index in [4.69, 9.17) is 0 Å². The molecule has 0 fully saturated rings. The number of hydrogen-bond acceptors (Lipinski definition) is 3. The average Bonchev–Trinajstić information content (AvgIpc) is 2.53. The number of aliphatic imine (C=N–C) groups is 1. The molecule has 1 rings (SSSR count). The zero-order chi connectivity index (χ0) is 9.68. The van der Waals surface area contributed by atoms with Crippen molar-refractivity contribution in [2.75, 3.05) is 14.1 Å². The minimum atomic E-state index is 0.976. The van der Waals surface area contributed by atoms with Crippen molar-refractivity contribution in [2.24, 2.45) is 4.99 Å². The number of thiophene rings is 1. The Morgan fingerprint density at radius 2 is 2.54 bits per heavy atom. The van der Waals surface area contributed by atoms with Gasteiger partial charge in [-0.1, -0.05) is 11.8 Å². The minimum Gasteiger partial charge on any atom is -0.368 e. The first-order valence-corrected chi connectivity index (χ1v) is 6.42. The Morgan fingerprint density at radius 3 is 3.00 bits per heavy atom. The highest BCUT2D eigenvalue weighted by Crippen LogP contribution is 2.23. The Bertz CT molecular complexity index is 296. The van der Waals surface area contributed by atoms with Crippen molar-refractivity contribution in [3.8, 4) is 0 Å². The summed E-state index contributed by atoms with van der Waals surface area (Å²) in [6.07, 6.45) is 0. The quantitative estimate of drug-likeness (QED) is 0.665. The van der Waals surface area contributed by atoms with Gasteiger partial charge < -0.3 is 5.32 Å². The highest BCUT2D eigenvalue weighted by atomic mass is 79.9. The molecule has 0 saturated carbocycles. The molecule has 0 radical (unpaired) electrons. The van der Waals surface area contributed by atoms with E-state index in [1.807, 2.05) is 7.05 Å². The number of amidine groups is 1. The highest BCUT2D eigenvalue weighted by molar-refractivity contribution is 9.10. The molecule has 1 aromatic rings. The van der Waals surface area contributed by atoms with Crippen LogP contribution in [0.4, 0.5) is 0 Å². The summed E-state index contributed by atoms with van der Waals surface area (Å²) >= 11 is 6.91. The van der Waals surface area contributed by atoms with E-state index >= 15 is 0 Å². The van der Waals surface area contributed by atoms with E-state index in [2.05, 4.69) is 37.7 Å². The molecule has 2 nitrogen and oxygen atoms in total. The van der Waals surface area contributed by atoms with Crippen LogP contribution in [-0.2, 0) is 5.75 Å². The molecule has 0 aliphatic heterocycles. The van der Waals surface area contributed by atoms with Crippen molar-refractivity contribution in [3.05, 3.63) is 20.8 Å². The molecule has 0 atom stereocenters. The minimum absolute atomic E-state index is 0.976. The topological polar surface area (TPSA) is 24.4 Å². The monoisotopic (exact) mass is 278 g/mol. The summed E-state index contributed by atoms with van der Waals surface area (Å²) in [5.41, 5.74) is 0. The van der Waals surface area contributed by atoms with Crippen LogP contribution < -0.4 is 5.32 Å². The zero-order valence-corrected chi connectivity index (χ0v) is 10.7. The summed E-state index contributed by atoms with van der Waals surface area (Å²) in [5, 5.41) is 6.11. The lowest BCUT2D eigenvalue weighted by molar-refractivity contribution is 1.18. The molecule has 72 valence electrons. The summed E-state index contributed by atoms with van der Waals surface area (Å²) in [6, 6.07) is 2.14. The Morgan fingerprint density at radius 1 is 1.77 bits per heavy atom. The molecule has 0 saturated heterocycles. The van der Waals surface area contributed by atoms with Crippen molar-refractivity contribution in [2.45, 2.75) is 5.75 Å². The van der Waals surface area contributed by atoms with Crippen LogP contribution in [0.2, 0.25) is 0 Å². The molecule has 0 spiro atoms. The fourth-order valence-corrected chi connectivity index (χ4v) is 3.14. The second-order valence-corrected chi connectivity index (χ2v) is 5.17. The number of rotatable bonds is 2. The lowest BCUT2D eigenvalue weighted by Crippen LogP contribution is -2.13. The van der Waals surface area contributed by atoms with Crippen molar-refractivity contribution >= 4 is 44.2 Å². The fourth-order valence-electron chi connectivity index (χ4n) is 0.818. The van der Waals surface area contributed by atoms with Gasteiger partial charge in [0.05, 0.1) is 0 Å². The molecule has 0 aromatic carbocycles. The van der Waals surface area contributed by atoms with Gasteiger partial charge in [0, 0.05) is 34.6 Å². The van der Waals surface area contributed by atoms with Crippen LogP contribution in [0, 0.1) is 0 Å². The van der Waals surface area contributed by atoms with Gasteiger partial charge in [0.1, 0.15) is 0 Å². The van der Waals surface area contributed by atoms with Crippen molar-refractivity contribution in [1.82, 2.24) is 5.32 Å². The van der Waals surface area contributed by atoms with Gasteiger partial charge in [0.15, 0.2) is 5.17 Å². The Hall–Kier alpha value is -0.0000000000000000833. The van der Waals surface area contributed by atoms with E-state index in [1.165, 1.54) is 4.88 Å². The normalized spacial score (nSPS) is 11.8. The third-order valence-corrected chi connectivity index (χ3v) is 4.39. The molecule has 0 amide bonds. The van der Waals surface area contributed by atoms with Gasteiger partial charge in [-0.25, -0.2) is 0 Å². The molecule has 0 aliphatic carbocycles. The van der Waals surface area contributed by atoms with Gasteiger partial charge in [-0.15, -0.1) is 11.3 Å². The molecule has 1 heterocycles. The van der Waals surface area contributed by atoms with Gasteiger partial charge in [-0.05, 0) is 22.0 Å². The number of nitrogens with zero attached hydrogens (tertiary/aromatic N) is 1. The van der Waals surface area contributed by atoms with Crippen LogP contribution in [0.1, 0.15) is 4.88 Å². The van der Waals surface area contributed by atoms with Crippen LogP contribution in [0.15, 0.2) is 20.9 Å². The number of nitrogens with one attached hydrogen (secondary N) is 1. The summed E-state index contributed by atoms with van der Waals surface area (Å²) in [5.74, 6) is 0.976. The third-order valence-electron chi connectivity index (χ3n) is 1.39. The third kappa shape index (κ3) is 3.70. The van der Waals surface area contributed by atoms with E-state index in [0.29, 0.717) is 0 Å². The molecule has 13 heavy (non-hydrogen) atoms. The van der Waals surface area contributed by atoms with Crippen LogP contribution in [0.25, 0.3) is 0 Å². The fraction of sp³-hybridized carbons (Fsp3) is 0.375. The van der Waals surface area contributed by atoms with Gasteiger partial charge in [0.2, 0.25) is 0 Å². The standard InChI is InChI=1S/C8H11BrN2S2/c1-10-8(11-2)13-5-7-3-6(9)4-12-7/h3-4H,5H2,1-2H3,(H,10,11). The number of thioether (sulfide) groups is 1. The summed E-state index contributed by atoms with van der Waals surface area (Å²) in [7, 11) is 3.68. The Labute approximate surface area is 95.0 Å². The lowest BCUT2D eigenvalue weighted by atomic mass is 10.5. The molecule has 0 aliphatic rings. The molecule has 5 heteroatoms. The summed E-state index contributed by atoms with van der Waals surface area (Å²) in [4.78, 5) is 5.44. The molecule has 0 unspecified atom stereocenters. The van der Waals surface area contributed by atoms with E-state index in [0.717, 1.165) is 15.4 Å². The second-order valence-electron chi connectivity index (χ2n) is 2.30. The van der Waals surface area contributed by atoms with Crippen molar-refractivity contribution in [3.63, 3.8) is 0 Å². The maximum atomic E-state index is 4.09. The zero-order valence-electron chi connectivity index (χ0n) is 7.50. The van der Waals surface area contributed by atoms with E-state index in [-0.39, 0.29) is 0 Å². The maximum absolute atomic E-state index is 4.09. The van der Waals surface area contributed by atoms with Crippen LogP contribution in [-0.4, -0.2) is 19.3 Å². The van der Waals surface area contributed by atoms with Gasteiger partial charge in [-0.3, -0.25) is 4.99 Å². The first kappa shape index (κ1) is 11.1. The number of hydrogen-bond donors (Lipinski definition) is 1. The van der Waals surface area contributed by atoms with Crippen molar-refractivity contribution in [1.29, 1.82) is 0 Å². The van der Waals surface area contributed by atoms with E-state index in [9.17, 15) is 0 Å². The van der Waals surface area contributed by atoms with Crippen LogP contribution in [0.3, 0.4) is 0 Å². The Kier molecular flexibility index (Phi) is 4.83. The molecular formula is C8H11BrN2S2. The highest BCUT2D eigenvalue weighted by Gasteiger charge is 2.00.